The van der Waals surface area contributed by atoms with Crippen LogP contribution < -0.4 is 16.0 Å². The van der Waals surface area contributed by atoms with Crippen molar-refractivity contribution in [2.45, 2.75) is 77.8 Å². The van der Waals surface area contributed by atoms with Gasteiger partial charge < -0.3 is 20.9 Å². The lowest BCUT2D eigenvalue weighted by Crippen LogP contribution is -2.45. The van der Waals surface area contributed by atoms with Crippen LogP contribution in [0.4, 0.5) is 5.69 Å². The zero-order chi connectivity index (χ0) is 22.8. The summed E-state index contributed by atoms with van der Waals surface area (Å²) in [6, 6.07) is 8.06. The molecule has 1 unspecified atom stereocenters. The Morgan fingerprint density at radius 2 is 1.94 bits per heavy atom. The van der Waals surface area contributed by atoms with Crippen molar-refractivity contribution in [1.29, 1.82) is 0 Å². The minimum absolute atomic E-state index is 0.0386. The maximum Gasteiger partial charge on any atom is 0.225 e. The molecule has 2 aliphatic rings. The summed E-state index contributed by atoms with van der Waals surface area (Å²) in [4.78, 5) is 31.5. The SMILES string of the molecule is CCCC(=O)Nc1cccc(CN=C(NCC)NC2CCN(C(=O)C3CCCCC3)C2)c1. The summed E-state index contributed by atoms with van der Waals surface area (Å²) in [7, 11) is 0. The van der Waals surface area contributed by atoms with E-state index in [-0.39, 0.29) is 17.9 Å². The molecular formula is C25H39N5O2. The number of nitrogens with one attached hydrogen (secondary N) is 3. The summed E-state index contributed by atoms with van der Waals surface area (Å²) in [5.41, 5.74) is 1.85. The molecule has 1 saturated carbocycles. The van der Waals surface area contributed by atoms with Crippen molar-refractivity contribution in [3.05, 3.63) is 29.8 Å². The number of nitrogens with zero attached hydrogens (tertiary/aromatic N) is 2. The Hall–Kier alpha value is -2.57. The molecule has 2 fully saturated rings. The van der Waals surface area contributed by atoms with Gasteiger partial charge in [-0.3, -0.25) is 9.59 Å². The molecule has 1 aromatic carbocycles. The van der Waals surface area contributed by atoms with Crippen LogP contribution in [-0.2, 0) is 16.1 Å². The van der Waals surface area contributed by atoms with Crippen LogP contribution in [-0.4, -0.2) is 48.3 Å². The van der Waals surface area contributed by atoms with Gasteiger partial charge >= 0.3 is 0 Å². The summed E-state index contributed by atoms with van der Waals surface area (Å²) in [6.45, 7) is 6.91. The first-order valence-corrected chi connectivity index (χ1v) is 12.3. The van der Waals surface area contributed by atoms with Crippen LogP contribution in [0.1, 0.15) is 70.8 Å². The van der Waals surface area contributed by atoms with Crippen molar-refractivity contribution in [3.8, 4) is 0 Å². The van der Waals surface area contributed by atoms with Gasteiger partial charge in [0.25, 0.3) is 0 Å². The van der Waals surface area contributed by atoms with Crippen molar-refractivity contribution in [1.82, 2.24) is 15.5 Å². The van der Waals surface area contributed by atoms with Crippen LogP contribution in [0.2, 0.25) is 0 Å². The first-order chi connectivity index (χ1) is 15.6. The van der Waals surface area contributed by atoms with Gasteiger partial charge in [0.1, 0.15) is 0 Å². The molecule has 1 aliphatic carbocycles. The van der Waals surface area contributed by atoms with E-state index in [1.165, 1.54) is 19.3 Å². The Bertz CT molecular complexity index is 788. The smallest absolute Gasteiger partial charge is 0.225 e. The van der Waals surface area contributed by atoms with Crippen LogP contribution in [0.5, 0.6) is 0 Å². The minimum Gasteiger partial charge on any atom is -0.357 e. The molecule has 3 rings (SSSR count). The van der Waals surface area contributed by atoms with Crippen molar-refractivity contribution in [2.75, 3.05) is 25.0 Å². The first kappa shape index (κ1) is 24.1. The van der Waals surface area contributed by atoms with Crippen molar-refractivity contribution in [3.63, 3.8) is 0 Å². The number of rotatable bonds is 8. The second-order valence-electron chi connectivity index (χ2n) is 8.94. The van der Waals surface area contributed by atoms with Crippen LogP contribution >= 0.6 is 0 Å². The molecule has 1 aliphatic heterocycles. The topological polar surface area (TPSA) is 85.8 Å². The number of guanidine groups is 1. The summed E-state index contributed by atoms with van der Waals surface area (Å²) < 4.78 is 0. The minimum atomic E-state index is 0.0386. The number of hydrogen-bond acceptors (Lipinski definition) is 3. The number of hydrogen-bond donors (Lipinski definition) is 3. The van der Waals surface area contributed by atoms with Crippen LogP contribution in [0.15, 0.2) is 29.3 Å². The quantitative estimate of drug-likeness (QED) is 0.424. The van der Waals surface area contributed by atoms with Crippen molar-refractivity contribution < 1.29 is 9.59 Å². The molecule has 0 spiro atoms. The average molecular weight is 442 g/mol. The molecule has 0 bridgehead atoms. The third-order valence-electron chi connectivity index (χ3n) is 6.25. The molecule has 1 aromatic rings. The Labute approximate surface area is 192 Å². The lowest BCUT2D eigenvalue weighted by molar-refractivity contribution is -0.135. The zero-order valence-corrected chi connectivity index (χ0v) is 19.7. The number of carbonyl (C=O) groups is 2. The van der Waals surface area contributed by atoms with Crippen molar-refractivity contribution in [2.24, 2.45) is 10.9 Å². The number of anilines is 1. The van der Waals surface area contributed by atoms with E-state index in [1.807, 2.05) is 36.1 Å². The summed E-state index contributed by atoms with van der Waals surface area (Å²) in [6.07, 6.45) is 8.05. The Kier molecular flexibility index (Phi) is 9.38. The van der Waals surface area contributed by atoms with Gasteiger partial charge in [-0.05, 0) is 50.3 Å². The Balaban J connectivity index is 1.54. The third-order valence-corrected chi connectivity index (χ3v) is 6.25. The molecule has 1 heterocycles. The highest BCUT2D eigenvalue weighted by atomic mass is 16.2. The largest absolute Gasteiger partial charge is 0.357 e. The number of likely N-dealkylation sites (tertiary alicyclic amines) is 1. The van der Waals surface area contributed by atoms with E-state index in [0.717, 1.165) is 62.5 Å². The van der Waals surface area contributed by atoms with Gasteiger partial charge in [0, 0.05) is 43.7 Å². The van der Waals surface area contributed by atoms with E-state index in [1.54, 1.807) is 0 Å². The molecule has 0 aromatic heterocycles. The van der Waals surface area contributed by atoms with E-state index in [4.69, 9.17) is 4.99 Å². The molecule has 3 N–H and O–H groups in total. The van der Waals surface area contributed by atoms with Crippen LogP contribution in [0, 0.1) is 5.92 Å². The van der Waals surface area contributed by atoms with Crippen LogP contribution in [0.3, 0.4) is 0 Å². The lowest BCUT2D eigenvalue weighted by atomic mass is 9.88. The fourth-order valence-electron chi connectivity index (χ4n) is 4.57. The van der Waals surface area contributed by atoms with Gasteiger partial charge in [0.05, 0.1) is 6.54 Å². The standard InChI is InChI=1S/C25H39N5O2/c1-3-9-23(31)28-21-13-8-10-19(16-21)17-27-25(26-4-2)29-22-14-15-30(18-22)24(32)20-11-6-5-7-12-20/h8,10,13,16,20,22H,3-7,9,11-12,14-15,17-18H2,1-2H3,(H,28,31)(H2,26,27,29). The molecule has 7 heteroatoms. The number of aliphatic imine (C=N–C) groups is 1. The highest BCUT2D eigenvalue weighted by molar-refractivity contribution is 5.90. The molecular weight excluding hydrogens is 402 g/mol. The predicted molar refractivity (Wildman–Crippen MR) is 129 cm³/mol. The fraction of sp³-hybridized carbons (Fsp3) is 0.640. The number of amides is 2. The normalized spacial score (nSPS) is 19.6. The van der Waals surface area contributed by atoms with E-state index in [2.05, 4.69) is 22.9 Å². The first-order valence-electron chi connectivity index (χ1n) is 12.3. The van der Waals surface area contributed by atoms with Gasteiger partial charge in [-0.1, -0.05) is 38.3 Å². The summed E-state index contributed by atoms with van der Waals surface area (Å²) >= 11 is 0. The van der Waals surface area contributed by atoms with Crippen LogP contribution in [0.25, 0.3) is 0 Å². The molecule has 1 saturated heterocycles. The molecule has 7 nitrogen and oxygen atoms in total. The van der Waals surface area contributed by atoms with E-state index < -0.39 is 0 Å². The van der Waals surface area contributed by atoms with Gasteiger partial charge in [-0.2, -0.15) is 0 Å². The fourth-order valence-corrected chi connectivity index (χ4v) is 4.57. The Morgan fingerprint density at radius 3 is 2.69 bits per heavy atom. The summed E-state index contributed by atoms with van der Waals surface area (Å²) in [5.74, 6) is 1.38. The van der Waals surface area contributed by atoms with E-state index >= 15 is 0 Å². The molecule has 1 atom stereocenters. The maximum absolute atomic E-state index is 12.8. The maximum atomic E-state index is 12.8. The lowest BCUT2D eigenvalue weighted by Gasteiger charge is -2.26. The third kappa shape index (κ3) is 7.24. The van der Waals surface area contributed by atoms with Crippen molar-refractivity contribution >= 4 is 23.5 Å². The molecule has 176 valence electrons. The van der Waals surface area contributed by atoms with Gasteiger partial charge in [-0.25, -0.2) is 4.99 Å². The number of carbonyl (C=O) groups excluding carboxylic acids is 2. The van der Waals surface area contributed by atoms with E-state index in [9.17, 15) is 9.59 Å². The number of benzene rings is 1. The average Bonchev–Trinajstić information content (AvgIpc) is 3.26. The highest BCUT2D eigenvalue weighted by Crippen LogP contribution is 2.26. The predicted octanol–water partition coefficient (Wildman–Crippen LogP) is 3.66. The van der Waals surface area contributed by atoms with Gasteiger partial charge in [0.15, 0.2) is 5.96 Å². The van der Waals surface area contributed by atoms with Gasteiger partial charge in [0.2, 0.25) is 11.8 Å². The zero-order valence-electron chi connectivity index (χ0n) is 19.7. The van der Waals surface area contributed by atoms with E-state index in [0.29, 0.717) is 18.9 Å². The molecule has 0 radical (unpaired) electrons. The Morgan fingerprint density at radius 1 is 1.12 bits per heavy atom. The molecule has 2 amide bonds. The highest BCUT2D eigenvalue weighted by Gasteiger charge is 2.31. The summed E-state index contributed by atoms with van der Waals surface area (Å²) in [5, 5.41) is 9.77. The second-order valence-corrected chi connectivity index (χ2v) is 8.94. The monoisotopic (exact) mass is 441 g/mol. The molecule has 32 heavy (non-hydrogen) atoms. The second kappa shape index (κ2) is 12.5. The van der Waals surface area contributed by atoms with Gasteiger partial charge in [-0.15, -0.1) is 0 Å².